The molecule has 0 aliphatic heterocycles. The number of nitriles is 1. The molecule has 102 valence electrons. The quantitative estimate of drug-likeness (QED) is 0.897. The van der Waals surface area contributed by atoms with E-state index >= 15 is 0 Å². The second-order valence-electron chi connectivity index (χ2n) is 4.39. The van der Waals surface area contributed by atoms with Crippen LogP contribution in [0, 0.1) is 29.9 Å². The molecule has 1 unspecified atom stereocenters. The molecule has 2 aromatic rings. The maximum atomic E-state index is 13.8. The molecule has 2 aromatic carbocycles. The topological polar surface area (TPSA) is 35.8 Å². The predicted molar refractivity (Wildman–Crippen MR) is 74.5 cm³/mol. The molecule has 1 N–H and O–H groups in total. The van der Waals surface area contributed by atoms with Crippen LogP contribution in [0.2, 0.25) is 5.02 Å². The molecule has 5 heteroatoms. The Balaban J connectivity index is 2.31. The van der Waals surface area contributed by atoms with Crippen LogP contribution in [-0.2, 0) is 0 Å². The van der Waals surface area contributed by atoms with Gasteiger partial charge in [0.25, 0.3) is 0 Å². The Hall–Kier alpha value is -2.12. The number of rotatable bonds is 3. The third-order valence-corrected chi connectivity index (χ3v) is 2.99. The van der Waals surface area contributed by atoms with Gasteiger partial charge in [-0.05, 0) is 42.8 Å². The molecule has 20 heavy (non-hydrogen) atoms. The Labute approximate surface area is 120 Å². The summed E-state index contributed by atoms with van der Waals surface area (Å²) < 4.78 is 27.1. The molecule has 0 spiro atoms. The van der Waals surface area contributed by atoms with Crippen LogP contribution in [0.5, 0.6) is 0 Å². The van der Waals surface area contributed by atoms with Gasteiger partial charge in [0.05, 0.1) is 6.07 Å². The molecule has 0 saturated carbocycles. The molecule has 0 fully saturated rings. The largest absolute Gasteiger partial charge is 0.366 e. The molecular weight excluding hydrogens is 282 g/mol. The van der Waals surface area contributed by atoms with Crippen molar-refractivity contribution in [3.63, 3.8) is 0 Å². The minimum atomic E-state index is -0.923. The Bertz CT molecular complexity index is 660. The average Bonchev–Trinajstić information content (AvgIpc) is 2.35. The molecule has 1 atom stereocenters. The van der Waals surface area contributed by atoms with Gasteiger partial charge >= 0.3 is 0 Å². The molecule has 0 aliphatic rings. The lowest BCUT2D eigenvalue weighted by Crippen LogP contribution is -2.10. The minimum absolute atomic E-state index is 0.166. The minimum Gasteiger partial charge on any atom is -0.366 e. The smallest absolute Gasteiger partial charge is 0.143 e. The fraction of sp³-hybridized carbons (Fsp3) is 0.133. The van der Waals surface area contributed by atoms with Crippen molar-refractivity contribution in [1.29, 1.82) is 5.26 Å². The number of nitrogens with zero attached hydrogens (tertiary/aromatic N) is 1. The van der Waals surface area contributed by atoms with Gasteiger partial charge in [0.15, 0.2) is 0 Å². The lowest BCUT2D eigenvalue weighted by molar-refractivity contribution is 0.607. The first-order valence-corrected chi connectivity index (χ1v) is 6.25. The molecule has 2 nitrogen and oxygen atoms in total. The summed E-state index contributed by atoms with van der Waals surface area (Å²) in [5.41, 5.74) is 1.29. The number of benzene rings is 2. The monoisotopic (exact) mass is 292 g/mol. The van der Waals surface area contributed by atoms with Crippen LogP contribution < -0.4 is 5.32 Å². The number of aryl methyl sites for hydroxylation is 1. The Morgan fingerprint density at radius 3 is 2.55 bits per heavy atom. The second-order valence-corrected chi connectivity index (χ2v) is 4.83. The van der Waals surface area contributed by atoms with Gasteiger partial charge in [0.1, 0.15) is 17.7 Å². The summed E-state index contributed by atoms with van der Waals surface area (Å²) in [4.78, 5) is 0. The van der Waals surface area contributed by atoms with Crippen molar-refractivity contribution in [2.24, 2.45) is 0 Å². The maximum absolute atomic E-state index is 13.8. The summed E-state index contributed by atoms with van der Waals surface area (Å²) in [6.45, 7) is 1.73. The molecule has 0 aromatic heterocycles. The van der Waals surface area contributed by atoms with Gasteiger partial charge < -0.3 is 5.32 Å². The normalized spacial score (nSPS) is 11.8. The summed E-state index contributed by atoms with van der Waals surface area (Å²) in [7, 11) is 0. The van der Waals surface area contributed by atoms with Crippen molar-refractivity contribution in [3.05, 3.63) is 64.2 Å². The molecule has 0 heterocycles. The first-order valence-electron chi connectivity index (χ1n) is 5.88. The summed E-state index contributed by atoms with van der Waals surface area (Å²) in [6.07, 6.45) is 0. The summed E-state index contributed by atoms with van der Waals surface area (Å²) >= 11 is 5.67. The van der Waals surface area contributed by atoms with Gasteiger partial charge in [-0.15, -0.1) is 0 Å². The van der Waals surface area contributed by atoms with E-state index in [-0.39, 0.29) is 10.6 Å². The number of anilines is 1. The van der Waals surface area contributed by atoms with Gasteiger partial charge in [0, 0.05) is 16.3 Å². The molecule has 0 amide bonds. The highest BCUT2D eigenvalue weighted by Crippen LogP contribution is 2.25. The van der Waals surface area contributed by atoms with Crippen LogP contribution in [0.4, 0.5) is 14.5 Å². The highest BCUT2D eigenvalue weighted by Gasteiger charge is 2.15. The number of hydrogen-bond acceptors (Lipinski definition) is 2. The lowest BCUT2D eigenvalue weighted by atomic mass is 10.1. The SMILES string of the molecule is Cc1cc(F)cc(NC(C#N)c2ccc(Cl)cc2F)c1. The second kappa shape index (κ2) is 5.89. The van der Waals surface area contributed by atoms with Crippen molar-refractivity contribution in [2.45, 2.75) is 13.0 Å². The zero-order chi connectivity index (χ0) is 14.7. The van der Waals surface area contributed by atoms with E-state index in [0.29, 0.717) is 11.3 Å². The maximum Gasteiger partial charge on any atom is 0.143 e. The van der Waals surface area contributed by atoms with Crippen LogP contribution >= 0.6 is 11.6 Å². The van der Waals surface area contributed by atoms with Gasteiger partial charge in [-0.3, -0.25) is 0 Å². The number of halogens is 3. The van der Waals surface area contributed by atoms with Crippen LogP contribution in [0.3, 0.4) is 0 Å². The summed E-state index contributed by atoms with van der Waals surface area (Å²) in [6, 6.07) is 9.41. The average molecular weight is 293 g/mol. The Kier molecular flexibility index (Phi) is 4.21. The summed E-state index contributed by atoms with van der Waals surface area (Å²) in [5.74, 6) is -0.995. The van der Waals surface area contributed by atoms with Crippen LogP contribution in [0.25, 0.3) is 0 Å². The molecule has 0 bridgehead atoms. The van der Waals surface area contributed by atoms with Crippen molar-refractivity contribution in [3.8, 4) is 6.07 Å². The number of nitrogens with one attached hydrogen (secondary N) is 1. The van der Waals surface area contributed by atoms with Crippen molar-refractivity contribution in [2.75, 3.05) is 5.32 Å². The van der Waals surface area contributed by atoms with E-state index in [1.807, 2.05) is 6.07 Å². The van der Waals surface area contributed by atoms with Gasteiger partial charge in [-0.1, -0.05) is 17.7 Å². The van der Waals surface area contributed by atoms with E-state index in [9.17, 15) is 8.78 Å². The van der Waals surface area contributed by atoms with Gasteiger partial charge in [0.2, 0.25) is 0 Å². The first-order chi connectivity index (χ1) is 9.49. The van der Waals surface area contributed by atoms with E-state index in [1.54, 1.807) is 13.0 Å². The third kappa shape index (κ3) is 3.25. The molecule has 0 radical (unpaired) electrons. The van der Waals surface area contributed by atoms with Crippen molar-refractivity contribution in [1.82, 2.24) is 0 Å². The Morgan fingerprint density at radius 1 is 1.20 bits per heavy atom. The van der Waals surface area contributed by atoms with E-state index in [2.05, 4.69) is 5.32 Å². The van der Waals surface area contributed by atoms with Crippen LogP contribution in [0.15, 0.2) is 36.4 Å². The van der Waals surface area contributed by atoms with Crippen LogP contribution in [0.1, 0.15) is 17.2 Å². The third-order valence-electron chi connectivity index (χ3n) is 2.76. The van der Waals surface area contributed by atoms with Gasteiger partial charge in [-0.2, -0.15) is 5.26 Å². The number of hydrogen-bond donors (Lipinski definition) is 1. The van der Waals surface area contributed by atoms with Crippen molar-refractivity contribution < 1.29 is 8.78 Å². The molecule has 0 saturated heterocycles. The zero-order valence-corrected chi connectivity index (χ0v) is 11.4. The fourth-order valence-electron chi connectivity index (χ4n) is 1.90. The van der Waals surface area contributed by atoms with E-state index < -0.39 is 17.7 Å². The highest BCUT2D eigenvalue weighted by atomic mass is 35.5. The van der Waals surface area contributed by atoms with Crippen molar-refractivity contribution >= 4 is 17.3 Å². The molecule has 0 aliphatic carbocycles. The van der Waals surface area contributed by atoms with E-state index in [0.717, 1.165) is 6.07 Å². The molecular formula is C15H11ClF2N2. The molecule has 2 rings (SSSR count). The standard InChI is InChI=1S/C15H11ClF2N2/c1-9-4-11(17)7-12(5-9)20-15(8-19)13-3-2-10(16)6-14(13)18/h2-7,15,20H,1H3. The van der Waals surface area contributed by atoms with Crippen LogP contribution in [-0.4, -0.2) is 0 Å². The van der Waals surface area contributed by atoms with E-state index in [1.165, 1.54) is 24.3 Å². The van der Waals surface area contributed by atoms with Gasteiger partial charge in [-0.25, -0.2) is 8.78 Å². The fourth-order valence-corrected chi connectivity index (χ4v) is 2.06. The lowest BCUT2D eigenvalue weighted by Gasteiger charge is -2.15. The summed E-state index contributed by atoms with van der Waals surface area (Å²) in [5, 5.41) is 12.2. The Morgan fingerprint density at radius 2 is 1.95 bits per heavy atom. The first kappa shape index (κ1) is 14.3. The van der Waals surface area contributed by atoms with E-state index in [4.69, 9.17) is 16.9 Å². The highest BCUT2D eigenvalue weighted by molar-refractivity contribution is 6.30. The predicted octanol–water partition coefficient (Wildman–Crippen LogP) is 4.60. The zero-order valence-electron chi connectivity index (χ0n) is 10.6.